The van der Waals surface area contributed by atoms with Crippen LogP contribution in [0.25, 0.3) is 0 Å². The molecule has 0 aliphatic heterocycles. The molecule has 0 saturated carbocycles. The van der Waals surface area contributed by atoms with Gasteiger partial charge in [0.2, 0.25) is 0 Å². The van der Waals surface area contributed by atoms with Crippen LogP contribution in [0.3, 0.4) is 0 Å². The van der Waals surface area contributed by atoms with Crippen LogP contribution in [-0.2, 0) is 6.61 Å². The van der Waals surface area contributed by atoms with Gasteiger partial charge in [0.25, 0.3) is 0 Å². The molecule has 6 heteroatoms. The number of halogens is 2. The first kappa shape index (κ1) is 16.5. The maximum absolute atomic E-state index is 8.94. The summed E-state index contributed by atoms with van der Waals surface area (Å²) < 4.78 is 17.0. The quantitative estimate of drug-likeness (QED) is 0.760. The number of hydrogen-bond acceptors (Lipinski definition) is 4. The Morgan fingerprint density at radius 1 is 1.14 bits per heavy atom. The van der Waals surface area contributed by atoms with Gasteiger partial charge in [0.15, 0.2) is 11.5 Å². The summed E-state index contributed by atoms with van der Waals surface area (Å²) in [6.45, 7) is 0.310. The lowest BCUT2D eigenvalue weighted by Crippen LogP contribution is -1.99. The predicted molar refractivity (Wildman–Crippen MR) is 87.7 cm³/mol. The molecule has 0 fully saturated rings. The standard InChI is InChI=1S/C16H13BrClNO3/c1-20-14-4-3-10(5-12(14)17)9-22-16-13(18)6-11(8-19)7-15(16)21-2/h3-7H,9H2,1-2H3. The largest absolute Gasteiger partial charge is 0.496 e. The SMILES string of the molecule is COc1ccc(COc2c(Cl)cc(C#N)cc2OC)cc1Br. The van der Waals surface area contributed by atoms with Gasteiger partial charge < -0.3 is 14.2 Å². The van der Waals surface area contributed by atoms with Crippen LogP contribution in [0.4, 0.5) is 0 Å². The molecule has 0 atom stereocenters. The molecule has 2 aromatic rings. The van der Waals surface area contributed by atoms with E-state index >= 15 is 0 Å². The number of benzene rings is 2. The van der Waals surface area contributed by atoms with Gasteiger partial charge in [-0.15, -0.1) is 0 Å². The second-order valence-corrected chi connectivity index (χ2v) is 5.62. The molecule has 0 unspecified atom stereocenters. The molecule has 2 rings (SSSR count). The third-order valence-electron chi connectivity index (χ3n) is 2.96. The minimum Gasteiger partial charge on any atom is -0.496 e. The minimum atomic E-state index is 0.310. The molecule has 0 amide bonds. The first-order valence-corrected chi connectivity index (χ1v) is 7.49. The summed E-state index contributed by atoms with van der Waals surface area (Å²) in [5.41, 5.74) is 1.36. The zero-order valence-electron chi connectivity index (χ0n) is 12.0. The smallest absolute Gasteiger partial charge is 0.180 e. The van der Waals surface area contributed by atoms with E-state index in [1.807, 2.05) is 24.3 Å². The summed E-state index contributed by atoms with van der Waals surface area (Å²) in [4.78, 5) is 0. The van der Waals surface area contributed by atoms with Gasteiger partial charge in [0, 0.05) is 6.07 Å². The molecule has 0 spiro atoms. The number of nitrogens with zero attached hydrogens (tertiary/aromatic N) is 1. The molecule has 4 nitrogen and oxygen atoms in total. The first-order valence-electron chi connectivity index (χ1n) is 6.32. The molecule has 0 heterocycles. The summed E-state index contributed by atoms with van der Waals surface area (Å²) in [6.07, 6.45) is 0. The first-order chi connectivity index (χ1) is 10.6. The summed E-state index contributed by atoms with van der Waals surface area (Å²) in [7, 11) is 3.11. The van der Waals surface area contributed by atoms with Crippen molar-refractivity contribution in [2.45, 2.75) is 6.61 Å². The molecule has 0 aliphatic carbocycles. The van der Waals surface area contributed by atoms with Crippen molar-refractivity contribution >= 4 is 27.5 Å². The van der Waals surface area contributed by atoms with Crippen molar-refractivity contribution in [3.8, 4) is 23.3 Å². The molecular formula is C16H13BrClNO3. The Morgan fingerprint density at radius 2 is 1.86 bits per heavy atom. The van der Waals surface area contributed by atoms with E-state index in [1.54, 1.807) is 19.2 Å². The Morgan fingerprint density at radius 3 is 2.45 bits per heavy atom. The summed E-state index contributed by atoms with van der Waals surface area (Å²) in [6, 6.07) is 10.8. The van der Waals surface area contributed by atoms with Gasteiger partial charge in [-0.3, -0.25) is 0 Å². The normalized spacial score (nSPS) is 9.95. The number of hydrogen-bond donors (Lipinski definition) is 0. The van der Waals surface area contributed by atoms with Gasteiger partial charge in [-0.2, -0.15) is 5.26 Å². The predicted octanol–water partition coefficient (Wildman–Crippen LogP) is 4.57. The second-order valence-electron chi connectivity index (χ2n) is 4.36. The molecule has 0 saturated heterocycles. The van der Waals surface area contributed by atoms with E-state index in [9.17, 15) is 0 Å². The zero-order valence-corrected chi connectivity index (χ0v) is 14.4. The second kappa shape index (κ2) is 7.39. The van der Waals surface area contributed by atoms with Crippen molar-refractivity contribution in [3.63, 3.8) is 0 Å². The van der Waals surface area contributed by atoms with E-state index in [2.05, 4.69) is 15.9 Å². The average molecular weight is 383 g/mol. The highest BCUT2D eigenvalue weighted by Gasteiger charge is 2.12. The Bertz CT molecular complexity index is 728. The Labute approximate surface area is 142 Å². The zero-order chi connectivity index (χ0) is 16.1. The highest BCUT2D eigenvalue weighted by molar-refractivity contribution is 9.10. The van der Waals surface area contributed by atoms with Crippen LogP contribution in [0, 0.1) is 11.3 Å². The fourth-order valence-corrected chi connectivity index (χ4v) is 2.73. The molecule has 0 aliphatic rings. The van der Waals surface area contributed by atoms with Crippen molar-refractivity contribution < 1.29 is 14.2 Å². The minimum absolute atomic E-state index is 0.310. The number of ether oxygens (including phenoxy) is 3. The van der Waals surface area contributed by atoms with Crippen LogP contribution in [0.15, 0.2) is 34.8 Å². The fraction of sp³-hybridized carbons (Fsp3) is 0.188. The lowest BCUT2D eigenvalue weighted by Gasteiger charge is -2.13. The van der Waals surface area contributed by atoms with Crippen LogP contribution in [-0.4, -0.2) is 14.2 Å². The molecule has 0 bridgehead atoms. The highest BCUT2D eigenvalue weighted by Crippen LogP contribution is 2.37. The molecular weight excluding hydrogens is 370 g/mol. The molecule has 0 aromatic heterocycles. The van der Waals surface area contributed by atoms with Crippen molar-refractivity contribution in [1.82, 2.24) is 0 Å². The van der Waals surface area contributed by atoms with Crippen molar-refractivity contribution in [1.29, 1.82) is 5.26 Å². The van der Waals surface area contributed by atoms with Gasteiger partial charge in [0.05, 0.1) is 35.3 Å². The molecule has 0 radical (unpaired) electrons. The Balaban J connectivity index is 2.21. The monoisotopic (exact) mass is 381 g/mol. The highest BCUT2D eigenvalue weighted by atomic mass is 79.9. The van der Waals surface area contributed by atoms with Crippen molar-refractivity contribution in [2.75, 3.05) is 14.2 Å². The Hall–Kier alpha value is -1.90. The summed E-state index contributed by atoms with van der Waals surface area (Å²) in [5, 5.41) is 9.28. The van der Waals surface area contributed by atoms with E-state index in [4.69, 9.17) is 31.1 Å². The van der Waals surface area contributed by atoms with E-state index in [0.29, 0.717) is 28.7 Å². The van der Waals surface area contributed by atoms with Gasteiger partial charge in [0.1, 0.15) is 12.4 Å². The summed E-state index contributed by atoms with van der Waals surface area (Å²) >= 11 is 9.58. The van der Waals surface area contributed by atoms with Gasteiger partial charge in [-0.1, -0.05) is 17.7 Å². The Kier molecular flexibility index (Phi) is 5.53. The number of rotatable bonds is 5. The van der Waals surface area contributed by atoms with E-state index in [0.717, 1.165) is 15.8 Å². The third-order valence-corrected chi connectivity index (χ3v) is 3.86. The average Bonchev–Trinajstić information content (AvgIpc) is 2.53. The van der Waals surface area contributed by atoms with Crippen LogP contribution in [0.1, 0.15) is 11.1 Å². The topological polar surface area (TPSA) is 51.5 Å². The van der Waals surface area contributed by atoms with Crippen LogP contribution in [0.2, 0.25) is 5.02 Å². The van der Waals surface area contributed by atoms with E-state index in [1.165, 1.54) is 7.11 Å². The fourth-order valence-electron chi connectivity index (χ4n) is 1.88. The van der Waals surface area contributed by atoms with Crippen LogP contribution < -0.4 is 14.2 Å². The third kappa shape index (κ3) is 3.65. The maximum Gasteiger partial charge on any atom is 0.180 e. The lowest BCUT2D eigenvalue weighted by atomic mass is 10.2. The summed E-state index contributed by atoms with van der Waals surface area (Å²) in [5.74, 6) is 1.59. The molecule has 2 aromatic carbocycles. The molecule has 22 heavy (non-hydrogen) atoms. The number of nitriles is 1. The molecule has 0 N–H and O–H groups in total. The molecule has 114 valence electrons. The van der Waals surface area contributed by atoms with Crippen LogP contribution in [0.5, 0.6) is 17.2 Å². The van der Waals surface area contributed by atoms with E-state index in [-0.39, 0.29) is 0 Å². The lowest BCUT2D eigenvalue weighted by molar-refractivity contribution is 0.284. The van der Waals surface area contributed by atoms with Gasteiger partial charge >= 0.3 is 0 Å². The van der Waals surface area contributed by atoms with Crippen molar-refractivity contribution in [2.24, 2.45) is 0 Å². The van der Waals surface area contributed by atoms with Gasteiger partial charge in [-0.05, 0) is 39.7 Å². The van der Waals surface area contributed by atoms with Crippen LogP contribution >= 0.6 is 27.5 Å². The maximum atomic E-state index is 8.94. The van der Waals surface area contributed by atoms with Gasteiger partial charge in [-0.25, -0.2) is 0 Å². The van der Waals surface area contributed by atoms with E-state index < -0.39 is 0 Å². The number of methoxy groups -OCH3 is 2. The van der Waals surface area contributed by atoms with Crippen molar-refractivity contribution in [3.05, 3.63) is 51.0 Å².